The molecule has 1 N–H and O–H groups in total. The Kier molecular flexibility index (Phi) is 4.84. The van der Waals surface area contributed by atoms with E-state index in [1.807, 2.05) is 29.6 Å². The second-order valence-electron chi connectivity index (χ2n) is 3.75. The van der Waals surface area contributed by atoms with Crippen LogP contribution >= 0.6 is 22.9 Å². The van der Waals surface area contributed by atoms with E-state index >= 15 is 0 Å². The summed E-state index contributed by atoms with van der Waals surface area (Å²) in [6, 6.07) is 7.86. The fourth-order valence-corrected chi connectivity index (χ4v) is 2.40. The Bertz CT molecular complexity index is 501. The van der Waals surface area contributed by atoms with E-state index in [-0.39, 0.29) is 0 Å². The Morgan fingerprint density at radius 3 is 2.94 bits per heavy atom. The number of halogens is 1. The van der Waals surface area contributed by atoms with Crippen molar-refractivity contribution in [3.05, 3.63) is 35.3 Å². The van der Waals surface area contributed by atoms with Gasteiger partial charge in [-0.15, -0.1) is 22.9 Å². The van der Waals surface area contributed by atoms with Crippen molar-refractivity contribution in [1.82, 2.24) is 4.98 Å². The van der Waals surface area contributed by atoms with Crippen molar-refractivity contribution in [1.29, 1.82) is 0 Å². The number of ether oxygens (including phenoxy) is 1. The van der Waals surface area contributed by atoms with Crippen molar-refractivity contribution in [2.75, 3.05) is 11.9 Å². The summed E-state index contributed by atoms with van der Waals surface area (Å²) >= 11 is 7.27. The molecule has 3 nitrogen and oxygen atoms in total. The van der Waals surface area contributed by atoms with Gasteiger partial charge in [-0.1, -0.05) is 19.1 Å². The molecule has 0 aliphatic heterocycles. The molecule has 0 bridgehead atoms. The van der Waals surface area contributed by atoms with E-state index in [4.69, 9.17) is 16.3 Å². The summed E-state index contributed by atoms with van der Waals surface area (Å²) in [5, 5.41) is 6.04. The maximum Gasteiger partial charge on any atom is 0.187 e. The van der Waals surface area contributed by atoms with Crippen LogP contribution in [-0.2, 0) is 5.88 Å². The lowest BCUT2D eigenvalue weighted by atomic mass is 10.3. The van der Waals surface area contributed by atoms with Gasteiger partial charge < -0.3 is 10.1 Å². The van der Waals surface area contributed by atoms with Crippen molar-refractivity contribution in [2.45, 2.75) is 19.2 Å². The van der Waals surface area contributed by atoms with Gasteiger partial charge in [0, 0.05) is 5.38 Å². The van der Waals surface area contributed by atoms with Gasteiger partial charge >= 0.3 is 0 Å². The lowest BCUT2D eigenvalue weighted by Crippen LogP contribution is -1.99. The third-order valence-corrected chi connectivity index (χ3v) is 3.36. The molecule has 1 aromatic carbocycles. The first-order chi connectivity index (χ1) is 8.83. The quantitative estimate of drug-likeness (QED) is 0.797. The second-order valence-corrected chi connectivity index (χ2v) is 4.87. The highest BCUT2D eigenvalue weighted by molar-refractivity contribution is 7.13. The van der Waals surface area contributed by atoms with Gasteiger partial charge in [-0.3, -0.25) is 0 Å². The smallest absolute Gasteiger partial charge is 0.187 e. The summed E-state index contributed by atoms with van der Waals surface area (Å²) in [6.45, 7) is 2.80. The highest BCUT2D eigenvalue weighted by Gasteiger charge is 2.06. The molecule has 0 amide bonds. The molecule has 0 saturated carbocycles. The van der Waals surface area contributed by atoms with E-state index in [0.717, 1.165) is 28.7 Å². The maximum atomic E-state index is 5.73. The summed E-state index contributed by atoms with van der Waals surface area (Å²) in [5.41, 5.74) is 1.82. The molecule has 0 saturated heterocycles. The normalized spacial score (nSPS) is 10.3. The number of para-hydroxylation sites is 2. The van der Waals surface area contributed by atoms with Crippen molar-refractivity contribution < 1.29 is 4.74 Å². The molecule has 1 aromatic heterocycles. The number of nitrogens with zero attached hydrogens (tertiary/aromatic N) is 1. The highest BCUT2D eigenvalue weighted by Crippen LogP contribution is 2.29. The number of aromatic nitrogens is 1. The van der Waals surface area contributed by atoms with Crippen LogP contribution in [-0.4, -0.2) is 11.6 Å². The minimum atomic E-state index is 0.437. The minimum Gasteiger partial charge on any atom is -0.491 e. The Morgan fingerprint density at radius 1 is 1.39 bits per heavy atom. The van der Waals surface area contributed by atoms with Gasteiger partial charge in [0.2, 0.25) is 0 Å². The van der Waals surface area contributed by atoms with Gasteiger partial charge in [0.15, 0.2) is 5.13 Å². The van der Waals surface area contributed by atoms with Crippen LogP contribution in [0.5, 0.6) is 5.75 Å². The molecule has 0 aliphatic carbocycles. The number of thiazole rings is 1. The first-order valence-electron chi connectivity index (χ1n) is 5.82. The number of alkyl halides is 1. The van der Waals surface area contributed by atoms with Crippen LogP contribution in [0.3, 0.4) is 0 Å². The third-order valence-electron chi connectivity index (χ3n) is 2.28. The van der Waals surface area contributed by atoms with Crippen molar-refractivity contribution in [3.8, 4) is 5.75 Å². The highest BCUT2D eigenvalue weighted by atomic mass is 35.5. The molecule has 0 atom stereocenters. The van der Waals surface area contributed by atoms with Crippen LogP contribution in [0.25, 0.3) is 0 Å². The molecule has 18 heavy (non-hydrogen) atoms. The van der Waals surface area contributed by atoms with Gasteiger partial charge in [-0.25, -0.2) is 4.98 Å². The van der Waals surface area contributed by atoms with Crippen LogP contribution in [0.4, 0.5) is 10.8 Å². The van der Waals surface area contributed by atoms with E-state index < -0.39 is 0 Å². The predicted molar refractivity (Wildman–Crippen MR) is 77.2 cm³/mol. The van der Waals surface area contributed by atoms with Crippen molar-refractivity contribution in [2.24, 2.45) is 0 Å². The molecule has 0 unspecified atom stereocenters. The second kappa shape index (κ2) is 6.61. The predicted octanol–water partition coefficient (Wildman–Crippen LogP) is 4.41. The van der Waals surface area contributed by atoms with E-state index in [1.54, 1.807) is 0 Å². The van der Waals surface area contributed by atoms with Crippen LogP contribution in [0.2, 0.25) is 0 Å². The van der Waals surface area contributed by atoms with Crippen LogP contribution in [0, 0.1) is 0 Å². The van der Waals surface area contributed by atoms with Crippen molar-refractivity contribution in [3.63, 3.8) is 0 Å². The summed E-state index contributed by atoms with van der Waals surface area (Å²) < 4.78 is 5.68. The summed E-state index contributed by atoms with van der Waals surface area (Å²) in [7, 11) is 0. The SMILES string of the molecule is CCCOc1ccccc1Nc1nc(CCl)cs1. The zero-order valence-electron chi connectivity index (χ0n) is 10.1. The minimum absolute atomic E-state index is 0.437. The molecule has 1 heterocycles. The van der Waals surface area contributed by atoms with Gasteiger partial charge in [0.25, 0.3) is 0 Å². The standard InChI is InChI=1S/C13H15ClN2OS/c1-2-7-17-12-6-4-3-5-11(12)16-13-15-10(8-14)9-18-13/h3-6,9H,2,7-8H2,1H3,(H,15,16). The van der Waals surface area contributed by atoms with Gasteiger partial charge in [0.05, 0.1) is 23.9 Å². The summed E-state index contributed by atoms with van der Waals surface area (Å²) in [5.74, 6) is 1.29. The molecular weight excluding hydrogens is 268 g/mol. The summed E-state index contributed by atoms with van der Waals surface area (Å²) in [6.07, 6.45) is 0.988. The molecule has 0 radical (unpaired) electrons. The van der Waals surface area contributed by atoms with E-state index in [2.05, 4.69) is 17.2 Å². The monoisotopic (exact) mass is 282 g/mol. The maximum absolute atomic E-state index is 5.73. The average molecular weight is 283 g/mol. The first kappa shape index (κ1) is 13.2. The first-order valence-corrected chi connectivity index (χ1v) is 7.24. The Hall–Kier alpha value is -1.26. The molecule has 0 fully saturated rings. The molecule has 2 rings (SSSR count). The number of hydrogen-bond acceptors (Lipinski definition) is 4. The van der Waals surface area contributed by atoms with E-state index in [9.17, 15) is 0 Å². The van der Waals surface area contributed by atoms with Crippen LogP contribution in [0.15, 0.2) is 29.6 Å². The topological polar surface area (TPSA) is 34.1 Å². The Labute approximate surface area is 116 Å². The Morgan fingerprint density at radius 2 is 2.22 bits per heavy atom. The molecule has 5 heteroatoms. The largest absolute Gasteiger partial charge is 0.491 e. The number of rotatable bonds is 6. The fraction of sp³-hybridized carbons (Fsp3) is 0.308. The zero-order valence-corrected chi connectivity index (χ0v) is 11.7. The Balaban J connectivity index is 2.12. The number of anilines is 2. The third kappa shape index (κ3) is 3.37. The lowest BCUT2D eigenvalue weighted by Gasteiger charge is -2.10. The van der Waals surface area contributed by atoms with Gasteiger partial charge in [-0.2, -0.15) is 0 Å². The average Bonchev–Trinajstić information content (AvgIpc) is 2.85. The van der Waals surface area contributed by atoms with Crippen LogP contribution < -0.4 is 10.1 Å². The van der Waals surface area contributed by atoms with Crippen molar-refractivity contribution >= 4 is 33.8 Å². The molecule has 2 aromatic rings. The molecule has 0 aliphatic rings. The fourth-order valence-electron chi connectivity index (χ4n) is 1.45. The van der Waals surface area contributed by atoms with Gasteiger partial charge in [-0.05, 0) is 18.6 Å². The lowest BCUT2D eigenvalue weighted by molar-refractivity contribution is 0.319. The van der Waals surface area contributed by atoms with Crippen LogP contribution in [0.1, 0.15) is 19.0 Å². The zero-order chi connectivity index (χ0) is 12.8. The number of hydrogen-bond donors (Lipinski definition) is 1. The van der Waals surface area contributed by atoms with Gasteiger partial charge in [0.1, 0.15) is 5.75 Å². The summed E-state index contributed by atoms with van der Waals surface area (Å²) in [4.78, 5) is 4.37. The molecule has 0 spiro atoms. The molecule has 96 valence electrons. The molecular formula is C13H15ClN2OS. The number of benzene rings is 1. The van der Waals surface area contributed by atoms with E-state index in [1.165, 1.54) is 11.3 Å². The number of nitrogens with one attached hydrogen (secondary N) is 1. The van der Waals surface area contributed by atoms with E-state index in [0.29, 0.717) is 12.5 Å².